The van der Waals surface area contributed by atoms with Crippen LogP contribution in [-0.4, -0.2) is 29.4 Å². The molecule has 0 N–H and O–H groups in total. The van der Waals surface area contributed by atoms with E-state index in [0.717, 1.165) is 23.2 Å². The monoisotopic (exact) mass is 275 g/mol. The maximum Gasteiger partial charge on any atom is 0.00952 e. The van der Waals surface area contributed by atoms with Crippen LogP contribution in [0.2, 0.25) is 0 Å². The van der Waals surface area contributed by atoms with Crippen molar-refractivity contribution in [3.8, 4) is 0 Å². The number of halogens is 1. The quantitative estimate of drug-likeness (QED) is 0.665. The van der Waals surface area contributed by atoms with Gasteiger partial charge in [-0.25, -0.2) is 0 Å². The number of alkyl halides is 1. The molecule has 0 radical (unpaired) electrons. The van der Waals surface area contributed by atoms with Gasteiger partial charge in [-0.15, -0.1) is 0 Å². The number of nitrogens with zero attached hydrogens (tertiary/aromatic N) is 1. The third kappa shape index (κ3) is 4.07. The first-order valence-corrected chi connectivity index (χ1v) is 7.61. The Labute approximate surface area is 104 Å². The van der Waals surface area contributed by atoms with Crippen molar-refractivity contribution in [2.24, 2.45) is 11.8 Å². The minimum absolute atomic E-state index is 0.792. The van der Waals surface area contributed by atoms with Crippen molar-refractivity contribution in [2.45, 2.75) is 52.5 Å². The molecule has 15 heavy (non-hydrogen) atoms. The molecule has 1 aliphatic rings. The van der Waals surface area contributed by atoms with E-state index in [1.807, 2.05) is 0 Å². The number of rotatable bonds is 6. The summed E-state index contributed by atoms with van der Waals surface area (Å²) in [6.45, 7) is 9.50. The van der Waals surface area contributed by atoms with Crippen molar-refractivity contribution in [3.63, 3.8) is 0 Å². The molecule has 0 spiro atoms. The molecular formula is C13H26BrN. The normalized spacial score (nSPS) is 20.4. The predicted octanol–water partition coefficient (Wildman–Crippen LogP) is 3.92. The Bertz CT molecular complexity index is 164. The van der Waals surface area contributed by atoms with Gasteiger partial charge in [0.2, 0.25) is 0 Å². The summed E-state index contributed by atoms with van der Waals surface area (Å²) in [5.41, 5.74) is 0. The van der Waals surface area contributed by atoms with Crippen LogP contribution in [-0.2, 0) is 0 Å². The molecule has 1 unspecified atom stereocenters. The predicted molar refractivity (Wildman–Crippen MR) is 71.6 cm³/mol. The standard InChI is InChI=1S/C13H26BrN/c1-4-15(13-7-5-6-8-13)10-12(9-14)11(2)3/h11-13H,4-10H2,1-3H3. The van der Waals surface area contributed by atoms with Crippen molar-refractivity contribution in [3.05, 3.63) is 0 Å². The Morgan fingerprint density at radius 1 is 1.27 bits per heavy atom. The van der Waals surface area contributed by atoms with E-state index in [4.69, 9.17) is 0 Å². The highest BCUT2D eigenvalue weighted by Gasteiger charge is 2.24. The van der Waals surface area contributed by atoms with Gasteiger partial charge in [0.25, 0.3) is 0 Å². The van der Waals surface area contributed by atoms with Crippen LogP contribution in [0.3, 0.4) is 0 Å². The molecule has 2 heteroatoms. The highest BCUT2D eigenvalue weighted by molar-refractivity contribution is 9.09. The van der Waals surface area contributed by atoms with Crippen molar-refractivity contribution in [1.82, 2.24) is 4.90 Å². The van der Waals surface area contributed by atoms with Gasteiger partial charge < -0.3 is 4.90 Å². The SMILES string of the molecule is CCN(CC(CBr)C(C)C)C1CCCC1. The first-order valence-electron chi connectivity index (χ1n) is 6.49. The summed E-state index contributed by atoms with van der Waals surface area (Å²) >= 11 is 3.66. The lowest BCUT2D eigenvalue weighted by molar-refractivity contribution is 0.166. The molecule has 1 fully saturated rings. The highest BCUT2D eigenvalue weighted by Crippen LogP contribution is 2.25. The van der Waals surface area contributed by atoms with E-state index in [9.17, 15) is 0 Å². The molecular weight excluding hydrogens is 250 g/mol. The second kappa shape index (κ2) is 6.90. The Balaban J connectivity index is 2.43. The van der Waals surface area contributed by atoms with E-state index in [-0.39, 0.29) is 0 Å². The Morgan fingerprint density at radius 3 is 2.27 bits per heavy atom. The summed E-state index contributed by atoms with van der Waals surface area (Å²) in [6.07, 6.45) is 5.76. The third-order valence-corrected chi connectivity index (χ3v) is 4.69. The molecule has 1 nitrogen and oxygen atoms in total. The molecule has 1 atom stereocenters. The van der Waals surface area contributed by atoms with Gasteiger partial charge in [0.1, 0.15) is 0 Å². The van der Waals surface area contributed by atoms with Gasteiger partial charge in [-0.05, 0) is 31.2 Å². The zero-order valence-corrected chi connectivity index (χ0v) is 12.1. The van der Waals surface area contributed by atoms with Crippen molar-refractivity contribution < 1.29 is 0 Å². The first-order chi connectivity index (χ1) is 7.19. The van der Waals surface area contributed by atoms with Gasteiger partial charge >= 0.3 is 0 Å². The largest absolute Gasteiger partial charge is 0.300 e. The van der Waals surface area contributed by atoms with Crippen LogP contribution in [0.1, 0.15) is 46.5 Å². The molecule has 0 saturated heterocycles. The highest BCUT2D eigenvalue weighted by atomic mass is 79.9. The fourth-order valence-corrected chi connectivity index (χ4v) is 3.50. The molecule has 0 bridgehead atoms. The molecule has 0 aromatic heterocycles. The lowest BCUT2D eigenvalue weighted by Gasteiger charge is -2.32. The molecule has 1 rings (SSSR count). The van der Waals surface area contributed by atoms with Crippen LogP contribution < -0.4 is 0 Å². The fraction of sp³-hybridized carbons (Fsp3) is 1.00. The van der Waals surface area contributed by atoms with Gasteiger partial charge in [-0.1, -0.05) is 49.5 Å². The van der Waals surface area contributed by atoms with E-state index in [1.165, 1.54) is 38.8 Å². The summed E-state index contributed by atoms with van der Waals surface area (Å²) < 4.78 is 0. The molecule has 0 heterocycles. The second-order valence-electron chi connectivity index (χ2n) is 5.18. The molecule has 1 saturated carbocycles. The van der Waals surface area contributed by atoms with Crippen LogP contribution in [0.25, 0.3) is 0 Å². The van der Waals surface area contributed by atoms with Gasteiger partial charge in [-0.2, -0.15) is 0 Å². The maximum atomic E-state index is 3.66. The van der Waals surface area contributed by atoms with Crippen LogP contribution >= 0.6 is 15.9 Å². The molecule has 0 aromatic rings. The van der Waals surface area contributed by atoms with Crippen molar-refractivity contribution in [1.29, 1.82) is 0 Å². The lowest BCUT2D eigenvalue weighted by Crippen LogP contribution is -2.38. The topological polar surface area (TPSA) is 3.24 Å². The summed E-state index contributed by atoms with van der Waals surface area (Å²) in [7, 11) is 0. The average molecular weight is 276 g/mol. The van der Waals surface area contributed by atoms with Crippen LogP contribution in [0.5, 0.6) is 0 Å². The van der Waals surface area contributed by atoms with Crippen LogP contribution in [0.15, 0.2) is 0 Å². The summed E-state index contributed by atoms with van der Waals surface area (Å²) in [5.74, 6) is 1.60. The summed E-state index contributed by atoms with van der Waals surface area (Å²) in [6, 6.07) is 0.885. The average Bonchev–Trinajstić information content (AvgIpc) is 2.72. The fourth-order valence-electron chi connectivity index (χ4n) is 2.54. The summed E-state index contributed by atoms with van der Waals surface area (Å²) in [4.78, 5) is 2.71. The van der Waals surface area contributed by atoms with Crippen molar-refractivity contribution >= 4 is 15.9 Å². The van der Waals surface area contributed by atoms with Crippen molar-refractivity contribution in [2.75, 3.05) is 18.4 Å². The molecule has 0 amide bonds. The molecule has 90 valence electrons. The zero-order valence-electron chi connectivity index (χ0n) is 10.5. The van der Waals surface area contributed by atoms with Crippen LogP contribution in [0.4, 0.5) is 0 Å². The van der Waals surface area contributed by atoms with E-state index in [2.05, 4.69) is 41.6 Å². The molecule has 1 aliphatic carbocycles. The van der Waals surface area contributed by atoms with Crippen LogP contribution in [0, 0.1) is 11.8 Å². The van der Waals surface area contributed by atoms with Gasteiger partial charge in [-0.3, -0.25) is 0 Å². The van der Waals surface area contributed by atoms with E-state index in [0.29, 0.717) is 0 Å². The van der Waals surface area contributed by atoms with E-state index >= 15 is 0 Å². The van der Waals surface area contributed by atoms with E-state index < -0.39 is 0 Å². The van der Waals surface area contributed by atoms with E-state index in [1.54, 1.807) is 0 Å². The molecule has 0 aromatic carbocycles. The third-order valence-electron chi connectivity index (χ3n) is 3.86. The number of hydrogen-bond acceptors (Lipinski definition) is 1. The lowest BCUT2D eigenvalue weighted by atomic mass is 9.96. The maximum absolute atomic E-state index is 3.66. The van der Waals surface area contributed by atoms with Gasteiger partial charge in [0.05, 0.1) is 0 Å². The number of hydrogen-bond donors (Lipinski definition) is 0. The Hall–Kier alpha value is 0.440. The minimum Gasteiger partial charge on any atom is -0.300 e. The smallest absolute Gasteiger partial charge is 0.00952 e. The Morgan fingerprint density at radius 2 is 1.87 bits per heavy atom. The summed E-state index contributed by atoms with van der Waals surface area (Å²) in [5, 5.41) is 1.15. The minimum atomic E-state index is 0.792. The zero-order chi connectivity index (χ0) is 11.3. The molecule has 0 aliphatic heterocycles. The van der Waals surface area contributed by atoms with Gasteiger partial charge in [0, 0.05) is 17.9 Å². The van der Waals surface area contributed by atoms with Gasteiger partial charge in [0.15, 0.2) is 0 Å². The second-order valence-corrected chi connectivity index (χ2v) is 5.83. The first kappa shape index (κ1) is 13.5. The Kier molecular flexibility index (Phi) is 6.21.